The molecule has 0 N–H and O–H groups in total. The Morgan fingerprint density at radius 3 is 2.80 bits per heavy atom. The van der Waals surface area contributed by atoms with Crippen LogP contribution in [0.25, 0.3) is 0 Å². The van der Waals surface area contributed by atoms with Crippen LogP contribution in [0.3, 0.4) is 0 Å². The molecule has 0 radical (unpaired) electrons. The van der Waals surface area contributed by atoms with E-state index in [4.69, 9.17) is 9.47 Å². The fourth-order valence-electron chi connectivity index (χ4n) is 1.73. The zero-order chi connectivity index (χ0) is 11.1. The lowest BCUT2D eigenvalue weighted by molar-refractivity contribution is -0.180. The van der Waals surface area contributed by atoms with Crippen LogP contribution in [-0.4, -0.2) is 12.1 Å². The van der Waals surface area contributed by atoms with Gasteiger partial charge in [0.25, 0.3) is 0 Å². The first-order valence-electron chi connectivity index (χ1n) is 4.93. The Labute approximate surface area is 89.0 Å². The van der Waals surface area contributed by atoms with E-state index in [0.29, 0.717) is 12.2 Å². The van der Waals surface area contributed by atoms with Crippen molar-refractivity contribution in [1.29, 1.82) is 0 Å². The van der Waals surface area contributed by atoms with Gasteiger partial charge in [-0.25, -0.2) is 0 Å². The monoisotopic (exact) mass is 206 g/mol. The summed E-state index contributed by atoms with van der Waals surface area (Å²) < 4.78 is 11.2. The molecule has 0 unspecified atom stereocenters. The molecule has 0 saturated carbocycles. The van der Waals surface area contributed by atoms with Gasteiger partial charge in [-0.3, -0.25) is 4.79 Å². The first-order chi connectivity index (χ1) is 7.02. The summed E-state index contributed by atoms with van der Waals surface area (Å²) in [6.07, 6.45) is 0.840. The lowest BCUT2D eigenvalue weighted by Crippen LogP contribution is -2.35. The van der Waals surface area contributed by atoms with Crippen molar-refractivity contribution in [3.8, 4) is 5.75 Å². The average Bonchev–Trinajstić information content (AvgIpc) is 2.18. The Hall–Kier alpha value is -1.35. The van der Waals surface area contributed by atoms with Crippen molar-refractivity contribution in [2.75, 3.05) is 0 Å². The predicted molar refractivity (Wildman–Crippen MR) is 56.1 cm³/mol. The summed E-state index contributed by atoms with van der Waals surface area (Å²) in [5.74, 6) is 0.261. The molecule has 80 valence electrons. The minimum absolute atomic E-state index is 0.491. The molecule has 0 amide bonds. The van der Waals surface area contributed by atoms with Crippen LogP contribution < -0.4 is 4.74 Å². The number of carbonyl (C=O) groups is 1. The topological polar surface area (TPSA) is 35.5 Å². The second-order valence-corrected chi connectivity index (χ2v) is 4.23. The maximum atomic E-state index is 10.7. The Morgan fingerprint density at radius 2 is 2.13 bits per heavy atom. The van der Waals surface area contributed by atoms with Gasteiger partial charge in [0.1, 0.15) is 12.0 Å². The summed E-state index contributed by atoms with van der Waals surface area (Å²) in [4.78, 5) is 10.7. The molecule has 0 saturated heterocycles. The van der Waals surface area contributed by atoms with Crippen LogP contribution in [-0.2, 0) is 11.3 Å². The number of aldehydes is 1. The van der Waals surface area contributed by atoms with Crippen molar-refractivity contribution in [1.82, 2.24) is 0 Å². The second kappa shape index (κ2) is 3.35. The molecule has 2 rings (SSSR count). The van der Waals surface area contributed by atoms with E-state index in [-0.39, 0.29) is 0 Å². The van der Waals surface area contributed by atoms with Crippen molar-refractivity contribution >= 4 is 6.29 Å². The molecule has 0 aromatic heterocycles. The van der Waals surface area contributed by atoms with Gasteiger partial charge in [-0.15, -0.1) is 0 Å². The van der Waals surface area contributed by atoms with Crippen molar-refractivity contribution in [2.24, 2.45) is 0 Å². The van der Waals surface area contributed by atoms with Gasteiger partial charge in [0.15, 0.2) is 0 Å². The van der Waals surface area contributed by atoms with Crippen molar-refractivity contribution in [3.05, 3.63) is 28.8 Å². The van der Waals surface area contributed by atoms with E-state index in [2.05, 4.69) is 0 Å². The molecule has 0 bridgehead atoms. The third-order valence-electron chi connectivity index (χ3n) is 2.43. The molecule has 1 aliphatic heterocycles. The zero-order valence-electron chi connectivity index (χ0n) is 9.16. The van der Waals surface area contributed by atoms with Crippen LogP contribution in [0.4, 0.5) is 0 Å². The SMILES string of the molecule is Cc1cc(C=O)cc2c1OC(C)(C)OC2. The summed E-state index contributed by atoms with van der Waals surface area (Å²) in [5.41, 5.74) is 2.58. The van der Waals surface area contributed by atoms with Gasteiger partial charge in [-0.2, -0.15) is 0 Å². The fraction of sp³-hybridized carbons (Fsp3) is 0.417. The number of aryl methyl sites for hydroxylation is 1. The van der Waals surface area contributed by atoms with Crippen LogP contribution in [0.2, 0.25) is 0 Å². The number of hydrogen-bond acceptors (Lipinski definition) is 3. The Kier molecular flexibility index (Phi) is 2.27. The highest BCUT2D eigenvalue weighted by Gasteiger charge is 2.28. The fourth-order valence-corrected chi connectivity index (χ4v) is 1.73. The normalized spacial score (nSPS) is 17.8. The lowest BCUT2D eigenvalue weighted by Gasteiger charge is -2.33. The largest absolute Gasteiger partial charge is 0.462 e. The smallest absolute Gasteiger partial charge is 0.205 e. The number of benzene rings is 1. The molecule has 1 aromatic carbocycles. The molecule has 0 spiro atoms. The molecule has 3 nitrogen and oxygen atoms in total. The average molecular weight is 206 g/mol. The van der Waals surface area contributed by atoms with Crippen LogP contribution in [0.15, 0.2) is 12.1 Å². The minimum Gasteiger partial charge on any atom is -0.462 e. The van der Waals surface area contributed by atoms with Gasteiger partial charge in [0.2, 0.25) is 5.79 Å². The van der Waals surface area contributed by atoms with E-state index in [1.165, 1.54) is 0 Å². The predicted octanol–water partition coefficient (Wildman–Crippen LogP) is 2.45. The van der Waals surface area contributed by atoms with Crippen LogP contribution >= 0.6 is 0 Å². The summed E-state index contributed by atoms with van der Waals surface area (Å²) in [7, 11) is 0. The molecule has 15 heavy (non-hydrogen) atoms. The number of hydrogen-bond donors (Lipinski definition) is 0. The van der Waals surface area contributed by atoms with Crippen LogP contribution in [0.1, 0.15) is 35.3 Å². The highest BCUT2D eigenvalue weighted by atomic mass is 16.7. The first-order valence-corrected chi connectivity index (χ1v) is 4.93. The number of carbonyl (C=O) groups excluding carboxylic acids is 1. The van der Waals surface area contributed by atoms with Gasteiger partial charge in [-0.1, -0.05) is 0 Å². The van der Waals surface area contributed by atoms with E-state index in [1.807, 2.05) is 32.9 Å². The molecular weight excluding hydrogens is 192 g/mol. The first kappa shape index (κ1) is 10.2. The number of rotatable bonds is 1. The Morgan fingerprint density at radius 1 is 1.40 bits per heavy atom. The van der Waals surface area contributed by atoms with Gasteiger partial charge >= 0.3 is 0 Å². The van der Waals surface area contributed by atoms with E-state index < -0.39 is 5.79 Å². The molecule has 0 aliphatic carbocycles. The van der Waals surface area contributed by atoms with E-state index >= 15 is 0 Å². The van der Waals surface area contributed by atoms with Gasteiger partial charge in [0, 0.05) is 25.0 Å². The second-order valence-electron chi connectivity index (χ2n) is 4.23. The van der Waals surface area contributed by atoms with Crippen LogP contribution in [0, 0.1) is 6.92 Å². The molecular formula is C12H14O3. The maximum Gasteiger partial charge on any atom is 0.205 e. The van der Waals surface area contributed by atoms with Crippen molar-refractivity contribution in [2.45, 2.75) is 33.2 Å². The Bertz CT molecular complexity index is 408. The maximum absolute atomic E-state index is 10.7. The number of fused-ring (bicyclic) bond motifs is 1. The van der Waals surface area contributed by atoms with Gasteiger partial charge in [-0.05, 0) is 24.6 Å². The summed E-state index contributed by atoms with van der Waals surface area (Å²) in [6.45, 7) is 6.18. The summed E-state index contributed by atoms with van der Waals surface area (Å²) >= 11 is 0. The van der Waals surface area contributed by atoms with Crippen LogP contribution in [0.5, 0.6) is 5.75 Å². The highest BCUT2D eigenvalue weighted by molar-refractivity contribution is 5.76. The third kappa shape index (κ3) is 1.88. The van der Waals surface area contributed by atoms with E-state index in [0.717, 1.165) is 23.2 Å². The third-order valence-corrected chi connectivity index (χ3v) is 2.43. The molecule has 1 aliphatic rings. The quantitative estimate of drug-likeness (QED) is 0.662. The molecule has 1 aromatic rings. The van der Waals surface area contributed by atoms with Crippen molar-refractivity contribution in [3.63, 3.8) is 0 Å². The van der Waals surface area contributed by atoms with Crippen molar-refractivity contribution < 1.29 is 14.3 Å². The molecule has 0 fully saturated rings. The molecule has 3 heteroatoms. The van der Waals surface area contributed by atoms with Gasteiger partial charge in [0.05, 0.1) is 6.61 Å². The molecule has 0 atom stereocenters. The van der Waals surface area contributed by atoms with E-state index in [1.54, 1.807) is 0 Å². The minimum atomic E-state index is -0.583. The summed E-state index contributed by atoms with van der Waals surface area (Å²) in [6, 6.07) is 3.64. The Balaban J connectivity index is 2.48. The lowest BCUT2D eigenvalue weighted by atomic mass is 10.0. The molecule has 1 heterocycles. The zero-order valence-corrected chi connectivity index (χ0v) is 9.16. The summed E-state index contributed by atoms with van der Waals surface area (Å²) in [5, 5.41) is 0. The number of ether oxygens (including phenoxy) is 2. The highest BCUT2D eigenvalue weighted by Crippen LogP contribution is 2.34. The van der Waals surface area contributed by atoms with Gasteiger partial charge < -0.3 is 9.47 Å². The van der Waals surface area contributed by atoms with E-state index in [9.17, 15) is 4.79 Å². The standard InChI is InChI=1S/C12H14O3/c1-8-4-9(6-13)5-10-7-14-12(2,3)15-11(8)10/h4-6H,7H2,1-3H3.